The van der Waals surface area contributed by atoms with Gasteiger partial charge in [-0.1, -0.05) is 37.9 Å². The van der Waals surface area contributed by atoms with Gasteiger partial charge in [-0.2, -0.15) is 0 Å². The number of hydrogen-bond acceptors (Lipinski definition) is 2. The molecular weight excluding hydrogens is 394 g/mol. The minimum absolute atomic E-state index is 0.290. The summed E-state index contributed by atoms with van der Waals surface area (Å²) < 4.78 is 28.4. The third kappa shape index (κ3) is 3.63. The molecule has 0 bridgehead atoms. The fourth-order valence-corrected chi connectivity index (χ4v) is 2.85. The lowest BCUT2D eigenvalue weighted by atomic mass is 9.99. The number of hydrogen-bond donors (Lipinski definition) is 2. The van der Waals surface area contributed by atoms with Gasteiger partial charge in [0.1, 0.15) is 11.6 Å². The Hall–Kier alpha value is -0.820. The van der Waals surface area contributed by atoms with Crippen LogP contribution in [0.2, 0.25) is 0 Å². The molecular formula is C14H12Br2F2N2. The van der Waals surface area contributed by atoms with Crippen molar-refractivity contribution in [2.45, 2.75) is 12.5 Å². The summed E-state index contributed by atoms with van der Waals surface area (Å²) in [5, 5.41) is 0. The Balaban J connectivity index is 2.31. The number of nitrogens with one attached hydrogen (secondary N) is 1. The van der Waals surface area contributed by atoms with E-state index in [1.165, 1.54) is 12.1 Å². The van der Waals surface area contributed by atoms with E-state index >= 15 is 0 Å². The average Bonchev–Trinajstić information content (AvgIpc) is 2.41. The van der Waals surface area contributed by atoms with Crippen LogP contribution in [0.4, 0.5) is 8.78 Å². The van der Waals surface area contributed by atoms with Crippen LogP contribution < -0.4 is 11.3 Å². The Labute approximate surface area is 132 Å². The van der Waals surface area contributed by atoms with Crippen LogP contribution in [0.3, 0.4) is 0 Å². The third-order valence-corrected chi connectivity index (χ3v) is 4.19. The molecule has 0 aliphatic rings. The predicted molar refractivity (Wildman–Crippen MR) is 82.0 cm³/mol. The largest absolute Gasteiger partial charge is 0.271 e. The number of rotatable bonds is 4. The molecule has 0 saturated carbocycles. The summed E-state index contributed by atoms with van der Waals surface area (Å²) in [6.07, 6.45) is 0.317. The van der Waals surface area contributed by atoms with Crippen LogP contribution >= 0.6 is 31.9 Å². The first-order chi connectivity index (χ1) is 9.51. The van der Waals surface area contributed by atoms with Gasteiger partial charge in [0.25, 0.3) is 0 Å². The molecule has 1 unspecified atom stereocenters. The summed E-state index contributed by atoms with van der Waals surface area (Å²) in [5.41, 5.74) is 3.96. The Morgan fingerprint density at radius 1 is 1.10 bits per heavy atom. The molecule has 3 N–H and O–H groups in total. The van der Waals surface area contributed by atoms with Gasteiger partial charge in [0.2, 0.25) is 0 Å². The van der Waals surface area contributed by atoms with E-state index in [0.717, 1.165) is 20.6 Å². The highest BCUT2D eigenvalue weighted by Gasteiger charge is 2.16. The van der Waals surface area contributed by atoms with Crippen molar-refractivity contribution in [3.63, 3.8) is 0 Å². The molecule has 2 aromatic carbocycles. The summed E-state index contributed by atoms with van der Waals surface area (Å²) >= 11 is 6.84. The number of nitrogens with two attached hydrogens (primary N) is 1. The minimum Gasteiger partial charge on any atom is -0.271 e. The average molecular weight is 406 g/mol. The summed E-state index contributed by atoms with van der Waals surface area (Å²) in [5.74, 6) is 4.41. The molecule has 0 amide bonds. The van der Waals surface area contributed by atoms with Crippen molar-refractivity contribution >= 4 is 31.9 Å². The lowest BCUT2D eigenvalue weighted by Gasteiger charge is -2.18. The van der Waals surface area contributed by atoms with Crippen molar-refractivity contribution in [2.24, 2.45) is 5.84 Å². The molecule has 0 saturated heterocycles. The second kappa shape index (κ2) is 6.76. The van der Waals surface area contributed by atoms with Gasteiger partial charge in [-0.3, -0.25) is 11.3 Å². The van der Waals surface area contributed by atoms with E-state index in [1.54, 1.807) is 0 Å². The summed E-state index contributed by atoms with van der Waals surface area (Å²) in [6, 6.07) is 8.92. The smallest absolute Gasteiger partial charge is 0.129 e. The molecule has 0 heterocycles. The third-order valence-electron chi connectivity index (χ3n) is 2.97. The van der Waals surface area contributed by atoms with Crippen LogP contribution in [0.5, 0.6) is 0 Å². The second-order valence-corrected chi connectivity index (χ2v) is 6.09. The van der Waals surface area contributed by atoms with Crippen molar-refractivity contribution in [2.75, 3.05) is 0 Å². The van der Waals surface area contributed by atoms with E-state index in [0.29, 0.717) is 12.0 Å². The van der Waals surface area contributed by atoms with Gasteiger partial charge in [-0.15, -0.1) is 0 Å². The first-order valence-electron chi connectivity index (χ1n) is 5.86. The maximum absolute atomic E-state index is 13.7. The number of hydrazine groups is 1. The van der Waals surface area contributed by atoms with E-state index in [1.807, 2.05) is 18.2 Å². The van der Waals surface area contributed by atoms with Crippen LogP contribution in [-0.2, 0) is 6.42 Å². The van der Waals surface area contributed by atoms with Gasteiger partial charge in [0.15, 0.2) is 0 Å². The number of halogens is 4. The highest BCUT2D eigenvalue weighted by Crippen LogP contribution is 2.29. The van der Waals surface area contributed by atoms with Crippen LogP contribution in [0, 0.1) is 11.6 Å². The van der Waals surface area contributed by atoms with Crippen LogP contribution in [0.25, 0.3) is 0 Å². The standard InChI is InChI=1S/C14H12Br2F2N2/c15-9-2-4-12(16)11(6-9)14(20-19)5-8-1-3-10(17)7-13(8)18/h1-4,6-7,14,20H,5,19H2. The SMILES string of the molecule is NNC(Cc1ccc(F)cc1F)c1cc(Br)ccc1Br. The normalized spacial score (nSPS) is 12.4. The van der Waals surface area contributed by atoms with Crippen LogP contribution in [0.1, 0.15) is 17.2 Å². The molecule has 6 heteroatoms. The fraction of sp³-hybridized carbons (Fsp3) is 0.143. The van der Waals surface area contributed by atoms with Crippen LogP contribution in [-0.4, -0.2) is 0 Å². The zero-order chi connectivity index (χ0) is 14.7. The Kier molecular flexibility index (Phi) is 5.26. The van der Waals surface area contributed by atoms with E-state index in [4.69, 9.17) is 5.84 Å². The lowest BCUT2D eigenvalue weighted by molar-refractivity contribution is 0.520. The lowest BCUT2D eigenvalue weighted by Crippen LogP contribution is -2.30. The first kappa shape index (κ1) is 15.6. The molecule has 2 nitrogen and oxygen atoms in total. The monoisotopic (exact) mass is 404 g/mol. The number of benzene rings is 2. The molecule has 1 atom stereocenters. The molecule has 0 aromatic heterocycles. The fourth-order valence-electron chi connectivity index (χ4n) is 1.95. The minimum atomic E-state index is -0.591. The quantitative estimate of drug-likeness (QED) is 0.589. The highest BCUT2D eigenvalue weighted by molar-refractivity contribution is 9.11. The molecule has 0 fully saturated rings. The molecule has 0 spiro atoms. The van der Waals surface area contributed by atoms with Gasteiger partial charge in [-0.05, 0) is 41.8 Å². The summed E-state index contributed by atoms with van der Waals surface area (Å²) in [6.45, 7) is 0. The second-order valence-electron chi connectivity index (χ2n) is 4.32. The van der Waals surface area contributed by atoms with Gasteiger partial charge in [0.05, 0.1) is 6.04 Å². The highest BCUT2D eigenvalue weighted by atomic mass is 79.9. The maximum Gasteiger partial charge on any atom is 0.129 e. The van der Waals surface area contributed by atoms with Crippen molar-refractivity contribution in [1.82, 2.24) is 5.43 Å². The van der Waals surface area contributed by atoms with Gasteiger partial charge < -0.3 is 0 Å². The van der Waals surface area contributed by atoms with E-state index < -0.39 is 11.6 Å². The maximum atomic E-state index is 13.7. The van der Waals surface area contributed by atoms with Crippen molar-refractivity contribution in [3.8, 4) is 0 Å². The van der Waals surface area contributed by atoms with E-state index in [-0.39, 0.29) is 6.04 Å². The van der Waals surface area contributed by atoms with Gasteiger partial charge in [0, 0.05) is 15.0 Å². The van der Waals surface area contributed by atoms with E-state index in [9.17, 15) is 8.78 Å². The van der Waals surface area contributed by atoms with Crippen molar-refractivity contribution in [1.29, 1.82) is 0 Å². The Morgan fingerprint density at radius 2 is 1.85 bits per heavy atom. The Bertz CT molecular complexity index is 620. The summed E-state index contributed by atoms with van der Waals surface area (Å²) in [4.78, 5) is 0. The van der Waals surface area contributed by atoms with E-state index in [2.05, 4.69) is 37.3 Å². The molecule has 20 heavy (non-hydrogen) atoms. The summed E-state index contributed by atoms with van der Waals surface area (Å²) in [7, 11) is 0. The van der Waals surface area contributed by atoms with Crippen molar-refractivity contribution in [3.05, 3.63) is 68.1 Å². The Morgan fingerprint density at radius 3 is 2.50 bits per heavy atom. The van der Waals surface area contributed by atoms with Gasteiger partial charge >= 0.3 is 0 Å². The predicted octanol–water partition coefficient (Wildman–Crippen LogP) is 4.24. The topological polar surface area (TPSA) is 38.0 Å². The van der Waals surface area contributed by atoms with Crippen molar-refractivity contribution < 1.29 is 8.78 Å². The first-order valence-corrected chi connectivity index (χ1v) is 7.45. The molecule has 0 aliphatic heterocycles. The van der Waals surface area contributed by atoms with Gasteiger partial charge in [-0.25, -0.2) is 8.78 Å². The molecule has 0 radical (unpaired) electrons. The zero-order valence-corrected chi connectivity index (χ0v) is 13.5. The zero-order valence-electron chi connectivity index (χ0n) is 10.3. The molecule has 0 aliphatic carbocycles. The molecule has 2 rings (SSSR count). The molecule has 106 valence electrons. The molecule has 2 aromatic rings. The van der Waals surface area contributed by atoms with Crippen LogP contribution in [0.15, 0.2) is 45.3 Å².